The highest BCUT2D eigenvalue weighted by Crippen LogP contribution is 2.16. The lowest BCUT2D eigenvalue weighted by molar-refractivity contribution is 1.02. The molecular weight excluding hydrogens is 228 g/mol. The maximum absolute atomic E-state index is 8.78. The third kappa shape index (κ3) is 3.08. The van der Waals surface area contributed by atoms with Gasteiger partial charge in [-0.2, -0.15) is 16.6 Å². The quantitative estimate of drug-likeness (QED) is 0.889. The van der Waals surface area contributed by atoms with Gasteiger partial charge in [0.05, 0.1) is 11.6 Å². The van der Waals surface area contributed by atoms with Gasteiger partial charge in [-0.05, 0) is 59.5 Å². The van der Waals surface area contributed by atoms with E-state index in [1.807, 2.05) is 25.1 Å². The molecule has 2 nitrogen and oxygen atoms in total. The van der Waals surface area contributed by atoms with Gasteiger partial charge < -0.3 is 5.32 Å². The third-order valence-electron chi connectivity index (χ3n) is 2.66. The van der Waals surface area contributed by atoms with E-state index in [0.29, 0.717) is 5.56 Å². The Morgan fingerprint density at radius 3 is 2.88 bits per heavy atom. The Morgan fingerprint density at radius 2 is 2.24 bits per heavy atom. The van der Waals surface area contributed by atoms with E-state index in [4.69, 9.17) is 5.26 Å². The summed E-state index contributed by atoms with van der Waals surface area (Å²) in [5, 5.41) is 16.5. The fourth-order valence-electron chi connectivity index (χ4n) is 1.71. The summed E-state index contributed by atoms with van der Waals surface area (Å²) in [5.74, 6) is 0. The first kappa shape index (κ1) is 11.7. The smallest absolute Gasteiger partial charge is 0.0991 e. The Morgan fingerprint density at radius 1 is 1.35 bits per heavy atom. The molecule has 0 saturated carbocycles. The van der Waals surface area contributed by atoms with Gasteiger partial charge in [-0.1, -0.05) is 0 Å². The van der Waals surface area contributed by atoms with Crippen LogP contribution >= 0.6 is 11.3 Å². The molecule has 0 aliphatic carbocycles. The lowest BCUT2D eigenvalue weighted by Crippen LogP contribution is -2.05. The molecular formula is C14H14N2S. The Kier molecular flexibility index (Phi) is 3.79. The molecule has 0 atom stereocenters. The number of aryl methyl sites for hydroxylation is 1. The first-order valence-corrected chi connectivity index (χ1v) is 6.49. The molecule has 0 spiro atoms. The molecule has 2 rings (SSSR count). The second-order valence-corrected chi connectivity index (χ2v) is 4.73. The van der Waals surface area contributed by atoms with Crippen molar-refractivity contribution in [1.29, 1.82) is 5.26 Å². The van der Waals surface area contributed by atoms with Crippen LogP contribution < -0.4 is 5.32 Å². The van der Waals surface area contributed by atoms with Crippen molar-refractivity contribution in [2.45, 2.75) is 13.3 Å². The highest BCUT2D eigenvalue weighted by molar-refractivity contribution is 7.07. The molecule has 0 aliphatic heterocycles. The van der Waals surface area contributed by atoms with Gasteiger partial charge in [0.2, 0.25) is 0 Å². The SMILES string of the molecule is Cc1cc(C#N)ccc1NCCc1ccsc1. The molecule has 17 heavy (non-hydrogen) atoms. The molecule has 0 fully saturated rings. The molecule has 1 N–H and O–H groups in total. The van der Waals surface area contributed by atoms with Crippen molar-refractivity contribution in [3.05, 3.63) is 51.7 Å². The number of nitriles is 1. The van der Waals surface area contributed by atoms with Crippen molar-refractivity contribution in [3.63, 3.8) is 0 Å². The van der Waals surface area contributed by atoms with Crippen LogP contribution in [0.4, 0.5) is 5.69 Å². The van der Waals surface area contributed by atoms with E-state index in [9.17, 15) is 0 Å². The van der Waals surface area contributed by atoms with Crippen LogP contribution in [0.1, 0.15) is 16.7 Å². The Labute approximate surface area is 106 Å². The van der Waals surface area contributed by atoms with E-state index in [1.165, 1.54) is 5.56 Å². The van der Waals surface area contributed by atoms with Crippen molar-refractivity contribution >= 4 is 17.0 Å². The van der Waals surface area contributed by atoms with Crippen molar-refractivity contribution in [1.82, 2.24) is 0 Å². The summed E-state index contributed by atoms with van der Waals surface area (Å²) in [6.45, 7) is 2.94. The molecule has 1 aromatic carbocycles. The first-order valence-electron chi connectivity index (χ1n) is 5.55. The van der Waals surface area contributed by atoms with E-state index in [2.05, 4.69) is 28.2 Å². The Bertz CT molecular complexity index is 524. The molecule has 0 amide bonds. The minimum Gasteiger partial charge on any atom is -0.384 e. The summed E-state index contributed by atoms with van der Waals surface area (Å²) >= 11 is 1.73. The van der Waals surface area contributed by atoms with Crippen LogP contribution in [0.15, 0.2) is 35.0 Å². The monoisotopic (exact) mass is 242 g/mol. The van der Waals surface area contributed by atoms with Gasteiger partial charge in [-0.25, -0.2) is 0 Å². The summed E-state index contributed by atoms with van der Waals surface area (Å²) in [6, 6.07) is 10.0. The van der Waals surface area contributed by atoms with E-state index < -0.39 is 0 Å². The number of hydrogen-bond donors (Lipinski definition) is 1. The summed E-state index contributed by atoms with van der Waals surface area (Å²) in [7, 11) is 0. The van der Waals surface area contributed by atoms with Gasteiger partial charge in [0, 0.05) is 12.2 Å². The predicted molar refractivity (Wildman–Crippen MR) is 72.4 cm³/mol. The summed E-state index contributed by atoms with van der Waals surface area (Å²) < 4.78 is 0. The highest BCUT2D eigenvalue weighted by Gasteiger charge is 1.99. The number of nitrogens with one attached hydrogen (secondary N) is 1. The highest BCUT2D eigenvalue weighted by atomic mass is 32.1. The Balaban J connectivity index is 1.93. The maximum Gasteiger partial charge on any atom is 0.0991 e. The zero-order chi connectivity index (χ0) is 12.1. The van der Waals surface area contributed by atoms with E-state index in [1.54, 1.807) is 11.3 Å². The normalized spacial score (nSPS) is 9.88. The molecule has 0 saturated heterocycles. The fraction of sp³-hybridized carbons (Fsp3) is 0.214. The molecule has 1 heterocycles. The number of thiophene rings is 1. The predicted octanol–water partition coefficient (Wildman–Crippen LogP) is 3.58. The number of rotatable bonds is 4. The van der Waals surface area contributed by atoms with Crippen molar-refractivity contribution < 1.29 is 0 Å². The number of anilines is 1. The van der Waals surface area contributed by atoms with Gasteiger partial charge in [0.25, 0.3) is 0 Å². The standard InChI is InChI=1S/C14H14N2S/c1-11-8-13(9-15)2-3-14(11)16-6-4-12-5-7-17-10-12/h2-3,5,7-8,10,16H,4,6H2,1H3. The second-order valence-electron chi connectivity index (χ2n) is 3.95. The van der Waals surface area contributed by atoms with Crippen LogP contribution in [0.3, 0.4) is 0 Å². The van der Waals surface area contributed by atoms with Gasteiger partial charge in [-0.15, -0.1) is 0 Å². The molecule has 0 radical (unpaired) electrons. The van der Waals surface area contributed by atoms with E-state index in [0.717, 1.165) is 24.2 Å². The summed E-state index contributed by atoms with van der Waals surface area (Å²) in [4.78, 5) is 0. The zero-order valence-electron chi connectivity index (χ0n) is 9.73. The van der Waals surface area contributed by atoms with E-state index in [-0.39, 0.29) is 0 Å². The molecule has 2 aromatic rings. The second kappa shape index (κ2) is 5.51. The topological polar surface area (TPSA) is 35.8 Å². The number of hydrogen-bond acceptors (Lipinski definition) is 3. The van der Waals surface area contributed by atoms with Crippen LogP contribution in [0.25, 0.3) is 0 Å². The average molecular weight is 242 g/mol. The first-order chi connectivity index (χ1) is 8.29. The molecule has 86 valence electrons. The van der Waals surface area contributed by atoms with Crippen LogP contribution in [0.5, 0.6) is 0 Å². The molecule has 0 aliphatic rings. The number of nitrogens with zero attached hydrogens (tertiary/aromatic N) is 1. The number of benzene rings is 1. The maximum atomic E-state index is 8.78. The largest absolute Gasteiger partial charge is 0.384 e. The van der Waals surface area contributed by atoms with Crippen LogP contribution in [-0.2, 0) is 6.42 Å². The molecule has 0 bridgehead atoms. The zero-order valence-corrected chi connectivity index (χ0v) is 10.6. The van der Waals surface area contributed by atoms with Crippen LogP contribution in [0, 0.1) is 18.3 Å². The minimum atomic E-state index is 0.714. The van der Waals surface area contributed by atoms with Crippen LogP contribution in [-0.4, -0.2) is 6.54 Å². The van der Waals surface area contributed by atoms with Crippen LogP contribution in [0.2, 0.25) is 0 Å². The Hall–Kier alpha value is -1.79. The molecule has 0 unspecified atom stereocenters. The van der Waals surface area contributed by atoms with Gasteiger partial charge >= 0.3 is 0 Å². The summed E-state index contributed by atoms with van der Waals surface area (Å²) in [5.41, 5.74) is 4.31. The van der Waals surface area contributed by atoms with Crippen molar-refractivity contribution in [3.8, 4) is 6.07 Å². The van der Waals surface area contributed by atoms with Gasteiger partial charge in [-0.3, -0.25) is 0 Å². The minimum absolute atomic E-state index is 0.714. The van der Waals surface area contributed by atoms with Crippen molar-refractivity contribution in [2.24, 2.45) is 0 Å². The average Bonchev–Trinajstić information content (AvgIpc) is 2.84. The third-order valence-corrected chi connectivity index (χ3v) is 3.40. The lowest BCUT2D eigenvalue weighted by atomic mass is 10.1. The fourth-order valence-corrected chi connectivity index (χ4v) is 2.41. The lowest BCUT2D eigenvalue weighted by Gasteiger charge is -2.09. The van der Waals surface area contributed by atoms with Crippen molar-refractivity contribution in [2.75, 3.05) is 11.9 Å². The van der Waals surface area contributed by atoms with Gasteiger partial charge in [0.1, 0.15) is 0 Å². The van der Waals surface area contributed by atoms with E-state index >= 15 is 0 Å². The summed E-state index contributed by atoms with van der Waals surface area (Å²) in [6.07, 6.45) is 1.03. The molecule has 1 aromatic heterocycles. The van der Waals surface area contributed by atoms with Gasteiger partial charge in [0.15, 0.2) is 0 Å². The molecule has 3 heteroatoms.